The molecule has 0 atom stereocenters. The molecule has 0 N–H and O–H groups in total. The lowest BCUT2D eigenvalue weighted by molar-refractivity contribution is 0.514. The largest absolute Gasteiger partial charge is 0.248 e. The molecule has 0 heterocycles. The monoisotopic (exact) mass is 227 g/mol. The Hall–Kier alpha value is 0.690. The second-order valence-corrected chi connectivity index (χ2v) is 3.22. The van der Waals surface area contributed by atoms with Gasteiger partial charge in [0.25, 0.3) is 0 Å². The fourth-order valence-corrected chi connectivity index (χ4v) is 0.829. The minimum atomic E-state index is 1.17. The van der Waals surface area contributed by atoms with Crippen molar-refractivity contribution in [2.75, 3.05) is 13.1 Å². The summed E-state index contributed by atoms with van der Waals surface area (Å²) in [6, 6.07) is 0. The van der Waals surface area contributed by atoms with Gasteiger partial charge in [0.05, 0.1) is 0 Å². The van der Waals surface area contributed by atoms with Crippen LogP contribution in [0.4, 0.5) is 0 Å². The highest BCUT2D eigenvalue weighted by molar-refractivity contribution is 14.1. The molecule has 1 nitrogen and oxygen atoms in total. The van der Waals surface area contributed by atoms with Crippen LogP contribution in [-0.4, -0.2) is 16.2 Å². The number of rotatable bonds is 4. The van der Waals surface area contributed by atoms with Gasteiger partial charge in [-0.05, 0) is 6.42 Å². The van der Waals surface area contributed by atoms with Crippen molar-refractivity contribution < 1.29 is 0 Å². The Morgan fingerprint density at radius 3 is 2.38 bits per heavy atom. The summed E-state index contributed by atoms with van der Waals surface area (Å²) in [7, 11) is 0. The standard InChI is InChI=1S/C6H14IN/c1-3-5-6-8(7)4-2/h3-6H2,1-2H3. The van der Waals surface area contributed by atoms with Crippen LogP contribution in [0.15, 0.2) is 0 Å². The SMILES string of the molecule is CCCCN(I)CC. The van der Waals surface area contributed by atoms with Gasteiger partial charge in [0.1, 0.15) is 0 Å². The zero-order chi connectivity index (χ0) is 6.41. The molecule has 0 saturated heterocycles. The maximum absolute atomic E-state index is 2.36. The van der Waals surface area contributed by atoms with Gasteiger partial charge in [-0.2, -0.15) is 0 Å². The second-order valence-electron chi connectivity index (χ2n) is 1.86. The summed E-state index contributed by atoms with van der Waals surface area (Å²) in [4.78, 5) is 0. The molecular formula is C6H14IN. The van der Waals surface area contributed by atoms with Crippen LogP contribution in [0.25, 0.3) is 0 Å². The first kappa shape index (κ1) is 8.69. The maximum Gasteiger partial charge on any atom is 0.0201 e. The smallest absolute Gasteiger partial charge is 0.0201 e. The molecule has 0 unspecified atom stereocenters. The van der Waals surface area contributed by atoms with E-state index in [0.29, 0.717) is 0 Å². The van der Waals surface area contributed by atoms with Gasteiger partial charge in [0.2, 0.25) is 0 Å². The quantitative estimate of drug-likeness (QED) is 0.526. The Kier molecular flexibility index (Phi) is 6.32. The minimum Gasteiger partial charge on any atom is -0.248 e. The van der Waals surface area contributed by atoms with Crippen LogP contribution < -0.4 is 0 Å². The number of hydrogen-bond donors (Lipinski definition) is 0. The zero-order valence-corrected chi connectivity index (χ0v) is 7.81. The van der Waals surface area contributed by atoms with Crippen molar-refractivity contribution in [3.63, 3.8) is 0 Å². The fourth-order valence-electron chi connectivity index (χ4n) is 0.488. The lowest BCUT2D eigenvalue weighted by atomic mass is 10.3. The molecule has 0 aromatic carbocycles. The Balaban J connectivity index is 2.86. The van der Waals surface area contributed by atoms with E-state index in [1.54, 1.807) is 0 Å². The third-order valence-electron chi connectivity index (χ3n) is 1.10. The lowest BCUT2D eigenvalue weighted by Crippen LogP contribution is -2.10. The molecule has 0 amide bonds. The van der Waals surface area contributed by atoms with Crippen molar-refractivity contribution in [2.45, 2.75) is 26.7 Å². The molecule has 0 fully saturated rings. The van der Waals surface area contributed by atoms with Crippen molar-refractivity contribution in [1.82, 2.24) is 3.11 Å². The zero-order valence-electron chi connectivity index (χ0n) is 5.65. The molecule has 0 aromatic rings. The molecule has 0 aliphatic heterocycles. The summed E-state index contributed by atoms with van der Waals surface area (Å²) in [5.74, 6) is 0. The number of hydrogen-bond acceptors (Lipinski definition) is 1. The normalized spacial score (nSPS) is 10.5. The van der Waals surface area contributed by atoms with Crippen molar-refractivity contribution in [3.8, 4) is 0 Å². The third-order valence-corrected chi connectivity index (χ3v) is 2.26. The van der Waals surface area contributed by atoms with Gasteiger partial charge in [0.15, 0.2) is 0 Å². The molecule has 0 spiro atoms. The Bertz CT molecular complexity index is 47.8. The number of halogens is 1. The van der Waals surface area contributed by atoms with E-state index in [-0.39, 0.29) is 0 Å². The lowest BCUT2D eigenvalue weighted by Gasteiger charge is -2.08. The molecule has 0 aliphatic rings. The highest BCUT2D eigenvalue weighted by Crippen LogP contribution is 1.99. The van der Waals surface area contributed by atoms with E-state index in [4.69, 9.17) is 0 Å². The van der Waals surface area contributed by atoms with Gasteiger partial charge in [0, 0.05) is 36.0 Å². The Morgan fingerprint density at radius 2 is 2.00 bits per heavy atom. The first-order valence-electron chi connectivity index (χ1n) is 3.22. The van der Waals surface area contributed by atoms with Crippen molar-refractivity contribution in [3.05, 3.63) is 0 Å². The molecule has 2 heteroatoms. The second kappa shape index (κ2) is 5.82. The Labute approximate surface area is 65.9 Å². The molecule has 0 aliphatic carbocycles. The van der Waals surface area contributed by atoms with Crippen LogP contribution in [0.1, 0.15) is 26.7 Å². The molecular weight excluding hydrogens is 213 g/mol. The van der Waals surface area contributed by atoms with E-state index in [1.165, 1.54) is 25.9 Å². The maximum atomic E-state index is 2.36. The number of nitrogens with zero attached hydrogens (tertiary/aromatic N) is 1. The first-order valence-corrected chi connectivity index (χ1v) is 4.18. The fraction of sp³-hybridized carbons (Fsp3) is 1.00. The average molecular weight is 227 g/mol. The van der Waals surface area contributed by atoms with Gasteiger partial charge in [-0.15, -0.1) is 0 Å². The predicted octanol–water partition coefficient (Wildman–Crippen LogP) is 2.46. The summed E-state index contributed by atoms with van der Waals surface area (Å²) >= 11 is 2.36. The van der Waals surface area contributed by atoms with E-state index in [2.05, 4.69) is 39.8 Å². The van der Waals surface area contributed by atoms with E-state index >= 15 is 0 Å². The highest BCUT2D eigenvalue weighted by atomic mass is 127. The van der Waals surface area contributed by atoms with Gasteiger partial charge < -0.3 is 0 Å². The summed E-state index contributed by atoms with van der Waals surface area (Å²) in [6.45, 7) is 6.82. The summed E-state index contributed by atoms with van der Waals surface area (Å²) in [5.41, 5.74) is 0. The highest BCUT2D eigenvalue weighted by Gasteiger charge is 1.91. The van der Waals surface area contributed by atoms with E-state index in [0.717, 1.165) is 0 Å². The van der Waals surface area contributed by atoms with Gasteiger partial charge >= 0.3 is 0 Å². The first-order chi connectivity index (χ1) is 3.81. The minimum absolute atomic E-state index is 1.17. The molecule has 8 heavy (non-hydrogen) atoms. The molecule has 0 aromatic heterocycles. The number of unbranched alkanes of at least 4 members (excludes halogenated alkanes) is 1. The van der Waals surface area contributed by atoms with E-state index in [1.807, 2.05) is 0 Å². The summed E-state index contributed by atoms with van der Waals surface area (Å²) in [6.07, 6.45) is 2.64. The van der Waals surface area contributed by atoms with Crippen LogP contribution >= 0.6 is 22.9 Å². The summed E-state index contributed by atoms with van der Waals surface area (Å²) in [5, 5.41) is 0. The van der Waals surface area contributed by atoms with E-state index in [9.17, 15) is 0 Å². The van der Waals surface area contributed by atoms with Crippen LogP contribution in [0, 0.1) is 0 Å². The van der Waals surface area contributed by atoms with E-state index < -0.39 is 0 Å². The molecule has 0 rings (SSSR count). The topological polar surface area (TPSA) is 3.24 Å². The molecule has 0 radical (unpaired) electrons. The molecule has 0 saturated carbocycles. The molecule has 0 bridgehead atoms. The molecule has 50 valence electrons. The van der Waals surface area contributed by atoms with Gasteiger partial charge in [-0.3, -0.25) is 0 Å². The van der Waals surface area contributed by atoms with Crippen LogP contribution in [0.5, 0.6) is 0 Å². The van der Waals surface area contributed by atoms with Gasteiger partial charge in [-0.1, -0.05) is 20.3 Å². The Morgan fingerprint density at radius 1 is 1.38 bits per heavy atom. The van der Waals surface area contributed by atoms with Crippen molar-refractivity contribution in [1.29, 1.82) is 0 Å². The third kappa shape index (κ3) is 4.84. The average Bonchev–Trinajstić information content (AvgIpc) is 1.83. The van der Waals surface area contributed by atoms with Gasteiger partial charge in [-0.25, -0.2) is 3.11 Å². The van der Waals surface area contributed by atoms with Crippen molar-refractivity contribution in [2.24, 2.45) is 0 Å². The summed E-state index contributed by atoms with van der Waals surface area (Å²) < 4.78 is 2.31. The van der Waals surface area contributed by atoms with Crippen LogP contribution in [-0.2, 0) is 0 Å². The van der Waals surface area contributed by atoms with Crippen LogP contribution in [0.3, 0.4) is 0 Å². The van der Waals surface area contributed by atoms with Crippen LogP contribution in [0.2, 0.25) is 0 Å². The predicted molar refractivity (Wildman–Crippen MR) is 46.2 cm³/mol. The van der Waals surface area contributed by atoms with Crippen molar-refractivity contribution >= 4 is 22.9 Å².